The third kappa shape index (κ3) is 5.07. The number of rotatable bonds is 8. The van der Waals surface area contributed by atoms with E-state index in [4.69, 9.17) is 14.2 Å². The van der Waals surface area contributed by atoms with Gasteiger partial charge in [-0.15, -0.1) is 0 Å². The molecule has 23 heavy (non-hydrogen) atoms. The van der Waals surface area contributed by atoms with Crippen LogP contribution in [0.5, 0.6) is 17.2 Å². The predicted octanol–water partition coefficient (Wildman–Crippen LogP) is 2.52. The highest BCUT2D eigenvalue weighted by Crippen LogP contribution is 2.24. The molecule has 0 saturated carbocycles. The standard InChI is InChI=1S/C16H19NO5S/c1-20-13-7-9-14(10-8-13)22-11-12-23(18,19)17-15-5-3-4-6-16(15)21-2/h3-10,17H,11-12H2,1-2H3. The summed E-state index contributed by atoms with van der Waals surface area (Å²) in [6.45, 7) is 0.0385. The lowest BCUT2D eigenvalue weighted by atomic mass is 10.3. The quantitative estimate of drug-likeness (QED) is 0.801. The Morgan fingerprint density at radius 1 is 0.913 bits per heavy atom. The Morgan fingerprint density at radius 3 is 2.22 bits per heavy atom. The second kappa shape index (κ2) is 7.73. The average molecular weight is 337 g/mol. The van der Waals surface area contributed by atoms with Crippen LogP contribution < -0.4 is 18.9 Å². The van der Waals surface area contributed by atoms with E-state index in [2.05, 4.69) is 4.72 Å². The molecular formula is C16H19NO5S. The molecule has 1 N–H and O–H groups in total. The minimum absolute atomic E-state index is 0.0385. The maximum Gasteiger partial charge on any atom is 0.236 e. The van der Waals surface area contributed by atoms with Crippen molar-refractivity contribution >= 4 is 15.7 Å². The first-order valence-electron chi connectivity index (χ1n) is 6.94. The molecule has 0 fully saturated rings. The van der Waals surface area contributed by atoms with Crippen LogP contribution in [-0.2, 0) is 10.0 Å². The van der Waals surface area contributed by atoms with Gasteiger partial charge >= 0.3 is 0 Å². The lowest BCUT2D eigenvalue weighted by Crippen LogP contribution is -2.21. The predicted molar refractivity (Wildman–Crippen MR) is 88.9 cm³/mol. The minimum atomic E-state index is -3.53. The number of hydrogen-bond acceptors (Lipinski definition) is 5. The molecule has 0 bridgehead atoms. The van der Waals surface area contributed by atoms with Crippen LogP contribution in [0, 0.1) is 0 Å². The number of nitrogens with one attached hydrogen (secondary N) is 1. The molecule has 124 valence electrons. The summed E-state index contributed by atoms with van der Waals surface area (Å²) in [6.07, 6.45) is 0. The van der Waals surface area contributed by atoms with Crippen LogP contribution in [0.1, 0.15) is 0 Å². The molecule has 2 rings (SSSR count). The van der Waals surface area contributed by atoms with Crippen LogP contribution in [0.2, 0.25) is 0 Å². The second-order valence-electron chi connectivity index (χ2n) is 4.65. The van der Waals surface area contributed by atoms with Crippen molar-refractivity contribution in [2.75, 3.05) is 31.3 Å². The third-order valence-corrected chi connectivity index (χ3v) is 4.29. The molecule has 0 aliphatic carbocycles. The highest BCUT2D eigenvalue weighted by Gasteiger charge is 2.13. The van der Waals surface area contributed by atoms with E-state index >= 15 is 0 Å². The van der Waals surface area contributed by atoms with Gasteiger partial charge in [0.15, 0.2) is 0 Å². The lowest BCUT2D eigenvalue weighted by molar-refractivity contribution is 0.339. The summed E-state index contributed by atoms with van der Waals surface area (Å²) in [6, 6.07) is 13.8. The van der Waals surface area contributed by atoms with Gasteiger partial charge in [-0.05, 0) is 36.4 Å². The SMILES string of the molecule is COc1ccc(OCCS(=O)(=O)Nc2ccccc2OC)cc1. The van der Waals surface area contributed by atoms with Crippen molar-refractivity contribution < 1.29 is 22.6 Å². The van der Waals surface area contributed by atoms with E-state index in [1.165, 1.54) is 7.11 Å². The first-order valence-corrected chi connectivity index (χ1v) is 8.59. The number of benzene rings is 2. The molecule has 2 aromatic carbocycles. The number of methoxy groups -OCH3 is 2. The van der Waals surface area contributed by atoms with E-state index in [-0.39, 0.29) is 12.4 Å². The number of sulfonamides is 1. The van der Waals surface area contributed by atoms with Crippen molar-refractivity contribution in [3.05, 3.63) is 48.5 Å². The molecule has 6 nitrogen and oxygen atoms in total. The van der Waals surface area contributed by atoms with Gasteiger partial charge in [-0.2, -0.15) is 0 Å². The number of hydrogen-bond donors (Lipinski definition) is 1. The Bertz CT molecular complexity index is 728. The van der Waals surface area contributed by atoms with Crippen LogP contribution in [-0.4, -0.2) is 35.0 Å². The summed E-state index contributed by atoms with van der Waals surface area (Å²) in [4.78, 5) is 0. The van der Waals surface area contributed by atoms with Crippen molar-refractivity contribution in [1.29, 1.82) is 0 Å². The summed E-state index contributed by atoms with van der Waals surface area (Å²) in [5.74, 6) is 1.59. The number of anilines is 1. The third-order valence-electron chi connectivity index (χ3n) is 3.05. The second-order valence-corrected chi connectivity index (χ2v) is 6.49. The van der Waals surface area contributed by atoms with Gasteiger partial charge in [0.25, 0.3) is 0 Å². The molecular weight excluding hydrogens is 318 g/mol. The molecule has 0 aromatic heterocycles. The molecule has 0 radical (unpaired) electrons. The number of para-hydroxylation sites is 2. The fraction of sp³-hybridized carbons (Fsp3) is 0.250. The molecule has 2 aromatic rings. The first-order chi connectivity index (χ1) is 11.0. The number of ether oxygens (including phenoxy) is 3. The van der Waals surface area contributed by atoms with E-state index in [0.29, 0.717) is 22.9 Å². The maximum absolute atomic E-state index is 12.1. The van der Waals surface area contributed by atoms with Crippen molar-refractivity contribution in [3.63, 3.8) is 0 Å². The summed E-state index contributed by atoms with van der Waals surface area (Å²) in [5.41, 5.74) is 0.402. The molecule has 0 amide bonds. The Kier molecular flexibility index (Phi) is 5.70. The van der Waals surface area contributed by atoms with Gasteiger partial charge in [0, 0.05) is 0 Å². The van der Waals surface area contributed by atoms with Crippen LogP contribution in [0.25, 0.3) is 0 Å². The molecule has 0 unspecified atom stereocenters. The van der Waals surface area contributed by atoms with E-state index < -0.39 is 10.0 Å². The van der Waals surface area contributed by atoms with Gasteiger partial charge < -0.3 is 14.2 Å². The van der Waals surface area contributed by atoms with Gasteiger partial charge in [0.2, 0.25) is 10.0 Å². The van der Waals surface area contributed by atoms with E-state index in [1.807, 2.05) is 0 Å². The zero-order chi connectivity index (χ0) is 16.7. The van der Waals surface area contributed by atoms with Crippen LogP contribution in [0.15, 0.2) is 48.5 Å². The van der Waals surface area contributed by atoms with Crippen molar-refractivity contribution in [3.8, 4) is 17.2 Å². The topological polar surface area (TPSA) is 73.9 Å². The minimum Gasteiger partial charge on any atom is -0.497 e. The fourth-order valence-electron chi connectivity index (χ4n) is 1.89. The Labute approximate surface area is 136 Å². The highest BCUT2D eigenvalue weighted by molar-refractivity contribution is 7.92. The van der Waals surface area contributed by atoms with E-state index in [1.54, 1.807) is 55.6 Å². The van der Waals surface area contributed by atoms with Crippen LogP contribution in [0.3, 0.4) is 0 Å². The molecule has 0 saturated heterocycles. The average Bonchev–Trinajstić information content (AvgIpc) is 2.55. The smallest absolute Gasteiger partial charge is 0.236 e. The zero-order valence-corrected chi connectivity index (χ0v) is 13.8. The Morgan fingerprint density at radius 2 is 1.57 bits per heavy atom. The normalized spacial score (nSPS) is 10.9. The molecule has 7 heteroatoms. The van der Waals surface area contributed by atoms with E-state index in [0.717, 1.165) is 0 Å². The molecule has 0 heterocycles. The van der Waals surface area contributed by atoms with Gasteiger partial charge in [-0.25, -0.2) is 8.42 Å². The Balaban J connectivity index is 1.90. The maximum atomic E-state index is 12.1. The lowest BCUT2D eigenvalue weighted by Gasteiger charge is -2.12. The summed E-state index contributed by atoms with van der Waals surface area (Å²) < 4.78 is 42.3. The van der Waals surface area contributed by atoms with Crippen molar-refractivity contribution in [2.45, 2.75) is 0 Å². The fourth-order valence-corrected chi connectivity index (χ4v) is 2.80. The van der Waals surface area contributed by atoms with E-state index in [9.17, 15) is 8.42 Å². The van der Waals surface area contributed by atoms with Crippen LogP contribution >= 0.6 is 0 Å². The van der Waals surface area contributed by atoms with Crippen LogP contribution in [0.4, 0.5) is 5.69 Å². The molecule has 0 aliphatic rings. The zero-order valence-electron chi connectivity index (χ0n) is 13.0. The van der Waals surface area contributed by atoms with Gasteiger partial charge in [-0.1, -0.05) is 12.1 Å². The summed E-state index contributed by atoms with van der Waals surface area (Å²) in [7, 11) is -0.468. The van der Waals surface area contributed by atoms with Gasteiger partial charge in [-0.3, -0.25) is 4.72 Å². The summed E-state index contributed by atoms with van der Waals surface area (Å²) >= 11 is 0. The highest BCUT2D eigenvalue weighted by atomic mass is 32.2. The van der Waals surface area contributed by atoms with Gasteiger partial charge in [0.1, 0.15) is 29.6 Å². The van der Waals surface area contributed by atoms with Gasteiger partial charge in [0.05, 0.1) is 19.9 Å². The molecule has 0 aliphatic heterocycles. The van der Waals surface area contributed by atoms with Crippen molar-refractivity contribution in [2.24, 2.45) is 0 Å². The van der Waals surface area contributed by atoms with Crippen molar-refractivity contribution in [1.82, 2.24) is 0 Å². The first kappa shape index (κ1) is 17.0. The summed E-state index contributed by atoms with van der Waals surface area (Å²) in [5, 5.41) is 0. The Hall–Kier alpha value is -2.41. The molecule has 0 spiro atoms. The molecule has 0 atom stereocenters. The monoisotopic (exact) mass is 337 g/mol. The largest absolute Gasteiger partial charge is 0.497 e.